The minimum Gasteiger partial charge on any atom is -0.714 e. The summed E-state index contributed by atoms with van der Waals surface area (Å²) in [5, 5.41) is 3.81. The van der Waals surface area contributed by atoms with Crippen molar-refractivity contribution in [3.8, 4) is 0 Å². The molecule has 1 aromatic carbocycles. The van der Waals surface area contributed by atoms with E-state index in [0.29, 0.717) is 29.2 Å². The number of halogens is 1. The summed E-state index contributed by atoms with van der Waals surface area (Å²) in [4.78, 5) is 13.5. The van der Waals surface area contributed by atoms with Gasteiger partial charge in [0.1, 0.15) is 0 Å². The molecule has 0 saturated heterocycles. The van der Waals surface area contributed by atoms with Gasteiger partial charge in [-0.3, -0.25) is 9.08 Å². The molecule has 1 aliphatic heterocycles. The van der Waals surface area contributed by atoms with Crippen molar-refractivity contribution in [3.05, 3.63) is 28.8 Å². The number of carbonyl (C=O) groups is 1. The maximum Gasteiger partial charge on any atom is 1.00 e. The fourth-order valence-corrected chi connectivity index (χ4v) is 2.43. The third kappa shape index (κ3) is 5.00. The van der Waals surface area contributed by atoms with Crippen LogP contribution in [0.3, 0.4) is 0 Å². The summed E-state index contributed by atoms with van der Waals surface area (Å²) in [5.74, 6) is -0.0880. The van der Waals surface area contributed by atoms with Gasteiger partial charge in [-0.25, -0.2) is 0 Å². The number of amides is 1. The molecular weight excluding hydrogens is 359 g/mol. The van der Waals surface area contributed by atoms with Crippen LogP contribution in [-0.2, 0) is 19.5 Å². The van der Waals surface area contributed by atoms with Crippen LogP contribution in [-0.4, -0.2) is 31.1 Å². The SMILES string of the molecule is CCC(=O)N1CC/C(=N/OS(=O)(=O)[O-])c2ccc(Cl)cc21.[K+]. The Morgan fingerprint density at radius 1 is 1.50 bits per heavy atom. The van der Waals surface area contributed by atoms with Crippen LogP contribution in [0.15, 0.2) is 23.4 Å². The molecule has 0 radical (unpaired) electrons. The van der Waals surface area contributed by atoms with Crippen LogP contribution >= 0.6 is 11.6 Å². The molecule has 0 N–H and O–H groups in total. The zero-order chi connectivity index (χ0) is 15.6. The normalized spacial score (nSPS) is 16.0. The second-order valence-electron chi connectivity index (χ2n) is 4.33. The van der Waals surface area contributed by atoms with Crippen molar-refractivity contribution in [2.75, 3.05) is 11.4 Å². The Balaban J connectivity index is 0.00000242. The van der Waals surface area contributed by atoms with Crippen molar-refractivity contribution >= 4 is 39.3 Å². The van der Waals surface area contributed by atoms with Crippen LogP contribution in [0.4, 0.5) is 5.69 Å². The molecule has 0 aliphatic carbocycles. The smallest absolute Gasteiger partial charge is 0.714 e. The summed E-state index contributed by atoms with van der Waals surface area (Å²) in [6, 6.07) is 4.78. The Kier molecular flexibility index (Phi) is 7.47. The Labute approximate surface area is 176 Å². The van der Waals surface area contributed by atoms with Gasteiger partial charge in [0.05, 0.1) is 11.4 Å². The van der Waals surface area contributed by atoms with Gasteiger partial charge in [0, 0.05) is 30.0 Å². The predicted octanol–water partition coefficient (Wildman–Crippen LogP) is -1.33. The second-order valence-corrected chi connectivity index (χ2v) is 5.73. The number of hydrogen-bond acceptors (Lipinski definition) is 6. The van der Waals surface area contributed by atoms with Gasteiger partial charge in [-0.15, -0.1) is 0 Å². The number of rotatable bonds is 3. The van der Waals surface area contributed by atoms with Crippen molar-refractivity contribution in [2.45, 2.75) is 19.8 Å². The number of oxime groups is 1. The molecule has 1 aromatic rings. The first-order valence-electron chi connectivity index (χ1n) is 6.13. The molecule has 1 heterocycles. The molecule has 0 atom stereocenters. The van der Waals surface area contributed by atoms with Crippen molar-refractivity contribution in [1.82, 2.24) is 0 Å². The molecule has 10 heteroatoms. The van der Waals surface area contributed by atoms with Gasteiger partial charge >= 0.3 is 51.4 Å². The zero-order valence-corrected chi connectivity index (χ0v) is 16.8. The molecule has 7 nitrogen and oxygen atoms in total. The number of anilines is 1. The molecule has 22 heavy (non-hydrogen) atoms. The monoisotopic (exact) mass is 370 g/mol. The van der Waals surface area contributed by atoms with Gasteiger partial charge in [0.2, 0.25) is 5.91 Å². The first kappa shape index (κ1) is 20.0. The molecule has 0 saturated carbocycles. The Hall–Kier alpha value is -0.00364. The molecule has 0 bridgehead atoms. The maximum atomic E-state index is 11.9. The van der Waals surface area contributed by atoms with E-state index in [-0.39, 0.29) is 69.4 Å². The van der Waals surface area contributed by atoms with E-state index in [2.05, 4.69) is 9.44 Å². The topological polar surface area (TPSA) is 99.1 Å². The molecular formula is C12H12ClKN2O5S. The first-order chi connectivity index (χ1) is 9.81. The molecule has 0 unspecified atom stereocenters. The van der Waals surface area contributed by atoms with E-state index in [9.17, 15) is 17.8 Å². The molecule has 114 valence electrons. The molecule has 0 spiro atoms. The van der Waals surface area contributed by atoms with E-state index in [1.54, 1.807) is 30.0 Å². The average Bonchev–Trinajstić information content (AvgIpc) is 2.42. The Morgan fingerprint density at radius 2 is 2.18 bits per heavy atom. The van der Waals surface area contributed by atoms with Crippen LogP contribution in [0.5, 0.6) is 0 Å². The van der Waals surface area contributed by atoms with E-state index in [1.807, 2.05) is 0 Å². The third-order valence-corrected chi connectivity index (χ3v) is 3.47. The van der Waals surface area contributed by atoms with Gasteiger partial charge in [-0.05, 0) is 18.2 Å². The number of hydrogen-bond donors (Lipinski definition) is 0. The summed E-state index contributed by atoms with van der Waals surface area (Å²) in [6.07, 6.45) is 0.597. The maximum absolute atomic E-state index is 11.9. The number of nitrogens with zero attached hydrogens (tertiary/aromatic N) is 2. The minimum absolute atomic E-state index is 0. The fraction of sp³-hybridized carbons (Fsp3) is 0.333. The van der Waals surface area contributed by atoms with Gasteiger partial charge in [0.25, 0.3) is 10.4 Å². The number of benzene rings is 1. The van der Waals surface area contributed by atoms with E-state index >= 15 is 0 Å². The second kappa shape index (κ2) is 8.20. The summed E-state index contributed by atoms with van der Waals surface area (Å²) in [7, 11) is -4.91. The van der Waals surface area contributed by atoms with Gasteiger partial charge in [0.15, 0.2) is 0 Å². The van der Waals surface area contributed by atoms with E-state index < -0.39 is 10.4 Å². The summed E-state index contributed by atoms with van der Waals surface area (Å²) >= 11 is 5.93. The third-order valence-electron chi connectivity index (χ3n) is 2.98. The van der Waals surface area contributed by atoms with Gasteiger partial charge < -0.3 is 9.45 Å². The molecule has 0 fully saturated rings. The molecule has 2 rings (SSSR count). The van der Waals surface area contributed by atoms with Gasteiger partial charge in [-0.1, -0.05) is 23.7 Å². The molecule has 1 aliphatic rings. The zero-order valence-electron chi connectivity index (χ0n) is 12.1. The number of carbonyl (C=O) groups excluding carboxylic acids is 1. The first-order valence-corrected chi connectivity index (χ1v) is 7.84. The average molecular weight is 371 g/mol. The van der Waals surface area contributed by atoms with Crippen LogP contribution in [0, 0.1) is 0 Å². The van der Waals surface area contributed by atoms with Crippen LogP contribution < -0.4 is 56.3 Å². The van der Waals surface area contributed by atoms with Crippen molar-refractivity contribution in [1.29, 1.82) is 0 Å². The van der Waals surface area contributed by atoms with Crippen molar-refractivity contribution in [3.63, 3.8) is 0 Å². The molecule has 0 aromatic heterocycles. The van der Waals surface area contributed by atoms with Crippen LogP contribution in [0.25, 0.3) is 0 Å². The Morgan fingerprint density at radius 3 is 2.77 bits per heavy atom. The summed E-state index contributed by atoms with van der Waals surface area (Å²) < 4.78 is 35.4. The van der Waals surface area contributed by atoms with Crippen molar-refractivity contribution < 1.29 is 73.4 Å². The van der Waals surface area contributed by atoms with E-state index in [1.165, 1.54) is 0 Å². The van der Waals surface area contributed by atoms with Crippen LogP contribution in [0.2, 0.25) is 5.02 Å². The quantitative estimate of drug-likeness (QED) is 0.284. The van der Waals surface area contributed by atoms with Crippen molar-refractivity contribution in [2.24, 2.45) is 5.16 Å². The Bertz CT molecular complexity index is 707. The predicted molar refractivity (Wildman–Crippen MR) is 76.0 cm³/mol. The summed E-state index contributed by atoms with van der Waals surface area (Å²) in [6.45, 7) is 2.05. The summed E-state index contributed by atoms with van der Waals surface area (Å²) in [5.41, 5.74) is 1.31. The largest absolute Gasteiger partial charge is 1.00 e. The van der Waals surface area contributed by atoms with E-state index in [4.69, 9.17) is 11.6 Å². The minimum atomic E-state index is -4.91. The fourth-order valence-electron chi connectivity index (χ4n) is 2.08. The van der Waals surface area contributed by atoms with Crippen LogP contribution in [0.1, 0.15) is 25.3 Å². The number of fused-ring (bicyclic) bond motifs is 1. The van der Waals surface area contributed by atoms with Gasteiger partial charge in [-0.2, -0.15) is 8.42 Å². The van der Waals surface area contributed by atoms with E-state index in [0.717, 1.165) is 0 Å². The molecule has 1 amide bonds. The standard InChI is InChI=1S/C12H13ClN2O5S.K/c1-2-12(16)15-6-5-10(14-20-21(17,18)19)9-4-3-8(13)7-11(9)15;/h3-4,7H,2,5-6H2,1H3,(H,17,18,19);/q;+1/p-1/b14-10-;.